The molecule has 0 fully saturated rings. The molecule has 4 aromatic rings. The van der Waals surface area contributed by atoms with Gasteiger partial charge in [-0.05, 0) is 35.9 Å². The molecule has 0 saturated heterocycles. The monoisotopic (exact) mass is 426 g/mol. The molecular weight excluding hydrogens is 412 g/mol. The summed E-state index contributed by atoms with van der Waals surface area (Å²) in [5.41, 5.74) is 2.81. The molecule has 130 valence electrons. The van der Waals surface area contributed by atoms with Gasteiger partial charge < -0.3 is 4.90 Å². The summed E-state index contributed by atoms with van der Waals surface area (Å²) in [5.74, 6) is 0.544. The molecule has 5 nitrogen and oxygen atoms in total. The first-order chi connectivity index (χ1) is 12.5. The highest BCUT2D eigenvalue weighted by molar-refractivity contribution is 9.10. The Morgan fingerprint density at radius 2 is 1.85 bits per heavy atom. The third-order valence-electron chi connectivity index (χ3n) is 4.00. The van der Waals surface area contributed by atoms with Crippen molar-refractivity contribution >= 4 is 44.0 Å². The van der Waals surface area contributed by atoms with Crippen molar-refractivity contribution in [2.24, 2.45) is 0 Å². The number of thiazole rings is 1. The molecule has 0 N–H and O–H groups in total. The number of nitrogens with zero attached hydrogens (tertiary/aromatic N) is 4. The number of hydrogen-bond acceptors (Lipinski definition) is 5. The van der Waals surface area contributed by atoms with Gasteiger partial charge in [0.2, 0.25) is 4.96 Å². The third-order valence-corrected chi connectivity index (χ3v) is 5.65. The molecule has 0 atom stereocenters. The second-order valence-electron chi connectivity index (χ2n) is 6.01. The van der Waals surface area contributed by atoms with Crippen LogP contribution in [0.15, 0.2) is 57.8 Å². The fourth-order valence-corrected chi connectivity index (χ4v) is 3.98. The van der Waals surface area contributed by atoms with E-state index in [9.17, 15) is 4.79 Å². The van der Waals surface area contributed by atoms with Crippen LogP contribution >= 0.6 is 27.3 Å². The zero-order chi connectivity index (χ0) is 18.3. The highest BCUT2D eigenvalue weighted by atomic mass is 79.9. The average Bonchev–Trinajstić information content (AvgIpc) is 3.16. The fraction of sp³-hybridized carbons (Fsp3) is 0.105. The molecular formula is C19H15BrN4OS. The van der Waals surface area contributed by atoms with Crippen LogP contribution in [-0.4, -0.2) is 28.7 Å². The Labute approximate surface area is 162 Å². The smallest absolute Gasteiger partial charge is 0.291 e. The van der Waals surface area contributed by atoms with Crippen LogP contribution in [0, 0.1) is 0 Å². The van der Waals surface area contributed by atoms with Gasteiger partial charge in [0.15, 0.2) is 5.82 Å². The maximum atomic E-state index is 12.7. The number of anilines is 1. The van der Waals surface area contributed by atoms with Crippen molar-refractivity contribution in [3.8, 4) is 11.4 Å². The van der Waals surface area contributed by atoms with Gasteiger partial charge in [-0.15, -0.1) is 5.10 Å². The molecule has 0 amide bonds. The minimum atomic E-state index is -0.146. The quantitative estimate of drug-likeness (QED) is 0.504. The summed E-state index contributed by atoms with van der Waals surface area (Å²) in [6.45, 7) is 0. The SMILES string of the molecule is CN(C)c1ccc(/C=c2\sc3nc(-c4ccccc4Br)nn3c2=O)cc1. The van der Waals surface area contributed by atoms with Gasteiger partial charge in [-0.2, -0.15) is 9.50 Å². The van der Waals surface area contributed by atoms with Crippen LogP contribution in [0.3, 0.4) is 0 Å². The number of fused-ring (bicyclic) bond motifs is 1. The van der Waals surface area contributed by atoms with E-state index in [4.69, 9.17) is 0 Å². The summed E-state index contributed by atoms with van der Waals surface area (Å²) < 4.78 is 2.90. The molecule has 2 aromatic carbocycles. The number of hydrogen-bond donors (Lipinski definition) is 0. The van der Waals surface area contributed by atoms with Gasteiger partial charge in [0.1, 0.15) is 0 Å². The van der Waals surface area contributed by atoms with E-state index in [2.05, 4.69) is 26.0 Å². The standard InChI is InChI=1S/C19H15BrN4OS/c1-23(2)13-9-7-12(8-10-13)11-16-18(25)24-19(26-16)21-17(22-24)14-5-3-4-6-15(14)20/h3-11H,1-2H3/b16-11-. The van der Waals surface area contributed by atoms with Gasteiger partial charge in [-0.25, -0.2) is 0 Å². The molecule has 0 radical (unpaired) electrons. The lowest BCUT2D eigenvalue weighted by Gasteiger charge is -2.11. The van der Waals surface area contributed by atoms with Crippen LogP contribution in [0.25, 0.3) is 22.4 Å². The maximum Gasteiger partial charge on any atom is 0.291 e. The Balaban J connectivity index is 1.76. The van der Waals surface area contributed by atoms with Crippen molar-refractivity contribution in [1.29, 1.82) is 0 Å². The molecule has 0 bridgehead atoms. The topological polar surface area (TPSA) is 50.5 Å². The van der Waals surface area contributed by atoms with Gasteiger partial charge >= 0.3 is 0 Å². The van der Waals surface area contributed by atoms with Crippen molar-refractivity contribution in [3.05, 3.63) is 73.5 Å². The van der Waals surface area contributed by atoms with E-state index in [0.717, 1.165) is 21.3 Å². The normalized spacial score (nSPS) is 12.0. The molecule has 26 heavy (non-hydrogen) atoms. The summed E-state index contributed by atoms with van der Waals surface area (Å²) in [6, 6.07) is 15.8. The van der Waals surface area contributed by atoms with E-state index >= 15 is 0 Å². The van der Waals surface area contributed by atoms with Gasteiger partial charge in [0.25, 0.3) is 5.56 Å². The molecule has 7 heteroatoms. The van der Waals surface area contributed by atoms with Gasteiger partial charge in [0, 0.05) is 29.8 Å². The van der Waals surface area contributed by atoms with Gasteiger partial charge in [-0.3, -0.25) is 4.79 Å². The van der Waals surface area contributed by atoms with Crippen LogP contribution < -0.4 is 15.0 Å². The molecule has 0 spiro atoms. The Hall–Kier alpha value is -2.51. The molecule has 0 aliphatic heterocycles. The first-order valence-electron chi connectivity index (χ1n) is 7.96. The van der Waals surface area contributed by atoms with Crippen molar-refractivity contribution < 1.29 is 0 Å². The van der Waals surface area contributed by atoms with E-state index in [1.54, 1.807) is 0 Å². The summed E-state index contributed by atoms with van der Waals surface area (Å²) >= 11 is 4.84. The molecule has 0 unspecified atom stereocenters. The van der Waals surface area contributed by atoms with E-state index in [1.807, 2.05) is 73.6 Å². The van der Waals surface area contributed by atoms with Crippen molar-refractivity contribution in [1.82, 2.24) is 14.6 Å². The lowest BCUT2D eigenvalue weighted by Crippen LogP contribution is -2.23. The van der Waals surface area contributed by atoms with Crippen LogP contribution in [0.4, 0.5) is 5.69 Å². The van der Waals surface area contributed by atoms with Crippen LogP contribution in [0.5, 0.6) is 0 Å². The minimum Gasteiger partial charge on any atom is -0.378 e. The van der Waals surface area contributed by atoms with Crippen molar-refractivity contribution in [2.75, 3.05) is 19.0 Å². The second-order valence-corrected chi connectivity index (χ2v) is 7.87. The zero-order valence-electron chi connectivity index (χ0n) is 14.2. The minimum absolute atomic E-state index is 0.146. The highest BCUT2D eigenvalue weighted by Gasteiger charge is 2.13. The molecule has 4 rings (SSSR count). The van der Waals surface area contributed by atoms with Crippen LogP contribution in [-0.2, 0) is 0 Å². The summed E-state index contributed by atoms with van der Waals surface area (Å²) in [7, 11) is 3.99. The zero-order valence-corrected chi connectivity index (χ0v) is 16.6. The third kappa shape index (κ3) is 3.04. The lowest BCUT2D eigenvalue weighted by molar-refractivity contribution is 0.936. The van der Waals surface area contributed by atoms with Crippen LogP contribution in [0.1, 0.15) is 5.56 Å². The largest absolute Gasteiger partial charge is 0.378 e. The fourth-order valence-electron chi connectivity index (χ4n) is 2.61. The van der Waals surface area contributed by atoms with Crippen molar-refractivity contribution in [3.63, 3.8) is 0 Å². The highest BCUT2D eigenvalue weighted by Crippen LogP contribution is 2.25. The summed E-state index contributed by atoms with van der Waals surface area (Å²) in [5, 5.41) is 4.39. The van der Waals surface area contributed by atoms with E-state index in [1.165, 1.54) is 15.9 Å². The number of halogens is 1. The first-order valence-corrected chi connectivity index (χ1v) is 9.57. The van der Waals surface area contributed by atoms with E-state index in [-0.39, 0.29) is 5.56 Å². The molecule has 0 saturated carbocycles. The summed E-state index contributed by atoms with van der Waals surface area (Å²) in [4.78, 5) is 19.8. The predicted octanol–water partition coefficient (Wildman–Crippen LogP) is 3.19. The van der Waals surface area contributed by atoms with Crippen molar-refractivity contribution in [2.45, 2.75) is 0 Å². The molecule has 0 aliphatic carbocycles. The lowest BCUT2D eigenvalue weighted by atomic mass is 10.2. The molecule has 0 aliphatic rings. The van der Waals surface area contributed by atoms with E-state index < -0.39 is 0 Å². The second kappa shape index (κ2) is 6.66. The summed E-state index contributed by atoms with van der Waals surface area (Å²) in [6.07, 6.45) is 1.88. The molecule has 2 aromatic heterocycles. The van der Waals surface area contributed by atoms with Gasteiger partial charge in [0.05, 0.1) is 4.53 Å². The average molecular weight is 427 g/mol. The number of rotatable bonds is 3. The van der Waals surface area contributed by atoms with Crippen LogP contribution in [0.2, 0.25) is 0 Å². The maximum absolute atomic E-state index is 12.7. The van der Waals surface area contributed by atoms with E-state index in [0.29, 0.717) is 15.3 Å². The Morgan fingerprint density at radius 1 is 1.12 bits per heavy atom. The first kappa shape index (κ1) is 16.9. The Kier molecular flexibility index (Phi) is 4.34. The Bertz CT molecular complexity index is 1190. The molecule has 2 heterocycles. The number of aromatic nitrogens is 3. The Morgan fingerprint density at radius 3 is 2.50 bits per heavy atom. The number of benzene rings is 2. The van der Waals surface area contributed by atoms with Gasteiger partial charge in [-0.1, -0.05) is 51.5 Å². The predicted molar refractivity (Wildman–Crippen MR) is 110 cm³/mol.